The number of aryl methyl sites for hydroxylation is 3. The van der Waals surface area contributed by atoms with E-state index in [4.69, 9.17) is 4.74 Å². The van der Waals surface area contributed by atoms with Crippen LogP contribution in [-0.2, 0) is 10.0 Å². The molecule has 0 aliphatic rings. The Kier molecular flexibility index (Phi) is 6.17. The van der Waals surface area contributed by atoms with E-state index in [-0.39, 0.29) is 5.75 Å². The van der Waals surface area contributed by atoms with Gasteiger partial charge in [0.2, 0.25) is 15.9 Å². The summed E-state index contributed by atoms with van der Waals surface area (Å²) in [4.78, 5) is 8.75. The summed E-state index contributed by atoms with van der Waals surface area (Å²) in [5, 5.41) is 4.44. The molecule has 0 fully saturated rings. The Morgan fingerprint density at radius 3 is 2.41 bits per heavy atom. The number of aromatic nitrogens is 4. The molecule has 0 atom stereocenters. The Labute approximate surface area is 171 Å². The van der Waals surface area contributed by atoms with Gasteiger partial charge in [0.05, 0.1) is 11.4 Å². The second kappa shape index (κ2) is 8.60. The minimum absolute atomic E-state index is 0.108. The number of sulfonamides is 1. The van der Waals surface area contributed by atoms with Gasteiger partial charge >= 0.3 is 0 Å². The SMILES string of the molecule is CCCCS(=O)(=O)Nc1ccc(Oc2cc(-n3nc(C)cc3C)nc(C)n2)cc1. The molecule has 1 N–H and O–H groups in total. The molecule has 2 heterocycles. The normalized spacial score (nSPS) is 11.4. The van der Waals surface area contributed by atoms with Crippen molar-refractivity contribution in [2.75, 3.05) is 10.5 Å². The van der Waals surface area contributed by atoms with E-state index in [0.717, 1.165) is 17.8 Å². The van der Waals surface area contributed by atoms with Gasteiger partial charge in [-0.25, -0.2) is 18.1 Å². The lowest BCUT2D eigenvalue weighted by atomic mass is 10.3. The quantitative estimate of drug-likeness (QED) is 0.599. The van der Waals surface area contributed by atoms with Crippen LogP contribution < -0.4 is 9.46 Å². The van der Waals surface area contributed by atoms with Gasteiger partial charge in [-0.05, 0) is 57.5 Å². The highest BCUT2D eigenvalue weighted by atomic mass is 32.2. The molecule has 9 heteroatoms. The first-order valence-electron chi connectivity index (χ1n) is 9.43. The van der Waals surface area contributed by atoms with Crippen LogP contribution in [0, 0.1) is 20.8 Å². The van der Waals surface area contributed by atoms with Crippen molar-refractivity contribution in [2.45, 2.75) is 40.5 Å². The highest BCUT2D eigenvalue weighted by molar-refractivity contribution is 7.92. The molecular formula is C20H25N5O3S. The Morgan fingerprint density at radius 2 is 1.79 bits per heavy atom. The van der Waals surface area contributed by atoms with E-state index in [1.54, 1.807) is 41.9 Å². The summed E-state index contributed by atoms with van der Waals surface area (Å²) in [5.74, 6) is 2.22. The van der Waals surface area contributed by atoms with E-state index in [9.17, 15) is 8.42 Å². The Hall–Kier alpha value is -2.94. The van der Waals surface area contributed by atoms with Crippen LogP contribution in [0.25, 0.3) is 5.82 Å². The predicted octanol–water partition coefficient (Wildman–Crippen LogP) is 3.92. The van der Waals surface area contributed by atoms with Gasteiger partial charge in [0.15, 0.2) is 5.82 Å². The Balaban J connectivity index is 1.76. The minimum Gasteiger partial charge on any atom is -0.439 e. The predicted molar refractivity (Wildman–Crippen MR) is 112 cm³/mol. The van der Waals surface area contributed by atoms with Crippen molar-refractivity contribution < 1.29 is 13.2 Å². The molecule has 0 saturated carbocycles. The van der Waals surface area contributed by atoms with Crippen LogP contribution in [0.1, 0.15) is 37.0 Å². The molecule has 2 aromatic heterocycles. The summed E-state index contributed by atoms with van der Waals surface area (Å²) < 4.78 is 34.2. The summed E-state index contributed by atoms with van der Waals surface area (Å²) >= 11 is 0. The monoisotopic (exact) mass is 415 g/mol. The number of anilines is 1. The standard InChI is InChI=1S/C20H25N5O3S/c1-5-6-11-29(26,27)24-17-7-9-18(10-8-17)28-20-13-19(21-16(4)22-20)25-15(3)12-14(2)23-25/h7-10,12-13,24H,5-6,11H2,1-4H3. The van der Waals surface area contributed by atoms with Gasteiger partial charge in [-0.3, -0.25) is 4.72 Å². The molecule has 3 rings (SSSR count). The summed E-state index contributed by atoms with van der Waals surface area (Å²) in [7, 11) is -3.33. The van der Waals surface area contributed by atoms with Crippen LogP contribution in [-0.4, -0.2) is 33.9 Å². The van der Waals surface area contributed by atoms with Crippen molar-refractivity contribution in [1.82, 2.24) is 19.7 Å². The summed E-state index contributed by atoms with van der Waals surface area (Å²) in [6, 6.07) is 10.4. The minimum atomic E-state index is -3.33. The van der Waals surface area contributed by atoms with Gasteiger partial charge in [0, 0.05) is 17.4 Å². The molecule has 29 heavy (non-hydrogen) atoms. The van der Waals surface area contributed by atoms with Gasteiger partial charge < -0.3 is 4.74 Å². The maximum Gasteiger partial charge on any atom is 0.232 e. The third-order valence-electron chi connectivity index (χ3n) is 4.14. The first-order valence-corrected chi connectivity index (χ1v) is 11.1. The summed E-state index contributed by atoms with van der Waals surface area (Å²) in [5.41, 5.74) is 2.36. The number of hydrogen-bond donors (Lipinski definition) is 1. The zero-order chi connectivity index (χ0) is 21.0. The first kappa shape index (κ1) is 20.8. The molecule has 0 bridgehead atoms. The van der Waals surface area contributed by atoms with Gasteiger partial charge in [-0.1, -0.05) is 13.3 Å². The maximum atomic E-state index is 12.0. The summed E-state index contributed by atoms with van der Waals surface area (Å²) in [6.07, 6.45) is 1.45. The smallest absolute Gasteiger partial charge is 0.232 e. The topological polar surface area (TPSA) is 99.0 Å². The largest absolute Gasteiger partial charge is 0.439 e. The molecule has 8 nitrogen and oxygen atoms in total. The van der Waals surface area contributed by atoms with Gasteiger partial charge in [0.1, 0.15) is 11.6 Å². The number of rotatable bonds is 8. The average molecular weight is 416 g/mol. The highest BCUT2D eigenvalue weighted by Gasteiger charge is 2.11. The number of hydrogen-bond acceptors (Lipinski definition) is 6. The number of unbranched alkanes of at least 4 members (excludes halogenated alkanes) is 1. The fraction of sp³-hybridized carbons (Fsp3) is 0.350. The molecule has 0 amide bonds. The second-order valence-corrected chi connectivity index (χ2v) is 8.69. The van der Waals surface area contributed by atoms with E-state index < -0.39 is 10.0 Å². The van der Waals surface area contributed by atoms with Crippen molar-refractivity contribution >= 4 is 15.7 Å². The van der Waals surface area contributed by atoms with E-state index in [1.165, 1.54) is 0 Å². The molecule has 1 aromatic carbocycles. The lowest BCUT2D eigenvalue weighted by Gasteiger charge is -2.10. The average Bonchev–Trinajstić information content (AvgIpc) is 2.99. The number of nitrogens with zero attached hydrogens (tertiary/aromatic N) is 4. The summed E-state index contributed by atoms with van der Waals surface area (Å²) in [6.45, 7) is 7.62. The molecule has 3 aromatic rings. The van der Waals surface area contributed by atoms with E-state index in [1.807, 2.05) is 26.8 Å². The fourth-order valence-electron chi connectivity index (χ4n) is 2.82. The molecular weight excluding hydrogens is 390 g/mol. The van der Waals surface area contributed by atoms with E-state index >= 15 is 0 Å². The molecule has 154 valence electrons. The highest BCUT2D eigenvalue weighted by Crippen LogP contribution is 2.24. The second-order valence-electron chi connectivity index (χ2n) is 6.85. The fourth-order valence-corrected chi connectivity index (χ4v) is 4.09. The van der Waals surface area contributed by atoms with Crippen molar-refractivity contribution in [1.29, 1.82) is 0 Å². The van der Waals surface area contributed by atoms with Crippen LogP contribution in [0.4, 0.5) is 5.69 Å². The van der Waals surface area contributed by atoms with Crippen molar-refractivity contribution in [3.05, 3.63) is 53.6 Å². The third kappa shape index (κ3) is 5.54. The Bertz CT molecular complexity index is 1090. The van der Waals surface area contributed by atoms with E-state index in [2.05, 4.69) is 19.8 Å². The van der Waals surface area contributed by atoms with Crippen LogP contribution in [0.15, 0.2) is 36.4 Å². The molecule has 0 unspecified atom stereocenters. The molecule has 0 aliphatic carbocycles. The zero-order valence-electron chi connectivity index (χ0n) is 17.0. The molecule has 0 aliphatic heterocycles. The molecule has 0 spiro atoms. The van der Waals surface area contributed by atoms with Crippen LogP contribution in [0.5, 0.6) is 11.6 Å². The van der Waals surface area contributed by atoms with Gasteiger partial charge in [-0.15, -0.1) is 0 Å². The lowest BCUT2D eigenvalue weighted by molar-refractivity contribution is 0.459. The third-order valence-corrected chi connectivity index (χ3v) is 5.52. The van der Waals surface area contributed by atoms with Crippen molar-refractivity contribution in [3.63, 3.8) is 0 Å². The van der Waals surface area contributed by atoms with Crippen LogP contribution >= 0.6 is 0 Å². The first-order chi connectivity index (χ1) is 13.8. The number of nitrogens with one attached hydrogen (secondary N) is 1. The van der Waals surface area contributed by atoms with Crippen LogP contribution in [0.2, 0.25) is 0 Å². The Morgan fingerprint density at radius 1 is 1.07 bits per heavy atom. The van der Waals surface area contributed by atoms with Crippen molar-refractivity contribution in [3.8, 4) is 17.4 Å². The molecule has 0 saturated heterocycles. The van der Waals surface area contributed by atoms with Crippen molar-refractivity contribution in [2.24, 2.45) is 0 Å². The van der Waals surface area contributed by atoms with Gasteiger partial charge in [-0.2, -0.15) is 10.1 Å². The van der Waals surface area contributed by atoms with Gasteiger partial charge in [0.25, 0.3) is 0 Å². The lowest BCUT2D eigenvalue weighted by Crippen LogP contribution is -2.16. The molecule has 0 radical (unpaired) electrons. The van der Waals surface area contributed by atoms with E-state index in [0.29, 0.717) is 35.4 Å². The zero-order valence-corrected chi connectivity index (χ0v) is 17.8. The maximum absolute atomic E-state index is 12.0. The van der Waals surface area contributed by atoms with Crippen LogP contribution in [0.3, 0.4) is 0 Å². The number of benzene rings is 1. The number of ether oxygens (including phenoxy) is 1.